The van der Waals surface area contributed by atoms with Crippen LogP contribution in [0.3, 0.4) is 0 Å². The van der Waals surface area contributed by atoms with E-state index in [9.17, 15) is 4.79 Å². The van der Waals surface area contributed by atoms with Crippen molar-refractivity contribution in [2.45, 2.75) is 45.1 Å². The van der Waals surface area contributed by atoms with Gasteiger partial charge in [-0.1, -0.05) is 0 Å². The molecule has 1 aromatic rings. The smallest absolute Gasteiger partial charge is 0.230 e. The van der Waals surface area contributed by atoms with Crippen LogP contribution in [0.25, 0.3) is 0 Å². The van der Waals surface area contributed by atoms with Gasteiger partial charge in [0.15, 0.2) is 0 Å². The van der Waals surface area contributed by atoms with Crippen molar-refractivity contribution in [1.82, 2.24) is 5.32 Å². The highest BCUT2D eigenvalue weighted by atomic mass is 35.5. The number of anilines is 1. The summed E-state index contributed by atoms with van der Waals surface area (Å²) in [7, 11) is 1.68. The maximum Gasteiger partial charge on any atom is 0.230 e. The van der Waals surface area contributed by atoms with Gasteiger partial charge >= 0.3 is 0 Å². The molecule has 0 bridgehead atoms. The van der Waals surface area contributed by atoms with Gasteiger partial charge in [-0.25, -0.2) is 0 Å². The van der Waals surface area contributed by atoms with E-state index >= 15 is 0 Å². The summed E-state index contributed by atoms with van der Waals surface area (Å²) >= 11 is 0. The van der Waals surface area contributed by atoms with Crippen molar-refractivity contribution in [3.63, 3.8) is 0 Å². The molecule has 1 heterocycles. The molecule has 1 N–H and O–H groups in total. The van der Waals surface area contributed by atoms with E-state index in [1.165, 1.54) is 12.8 Å². The second-order valence-corrected chi connectivity index (χ2v) is 7.85. The summed E-state index contributed by atoms with van der Waals surface area (Å²) in [4.78, 5) is 15.5. The second-order valence-electron chi connectivity index (χ2n) is 7.85. The fraction of sp³-hybridized carbons (Fsp3) is 0.650. The van der Waals surface area contributed by atoms with Crippen molar-refractivity contribution in [3.05, 3.63) is 24.3 Å². The number of hydrogen-bond acceptors (Lipinski definition) is 3. The van der Waals surface area contributed by atoms with Crippen LogP contribution in [0, 0.1) is 17.3 Å². The van der Waals surface area contributed by atoms with Gasteiger partial charge < -0.3 is 15.0 Å². The zero-order valence-electron chi connectivity index (χ0n) is 15.2. The minimum Gasteiger partial charge on any atom is -0.497 e. The fourth-order valence-corrected chi connectivity index (χ4v) is 4.44. The maximum absolute atomic E-state index is 13.4. The number of carbonyl (C=O) groups is 1. The van der Waals surface area contributed by atoms with Gasteiger partial charge in [0.1, 0.15) is 5.75 Å². The summed E-state index contributed by atoms with van der Waals surface area (Å²) in [6, 6.07) is 8.29. The molecule has 2 unspecified atom stereocenters. The van der Waals surface area contributed by atoms with Gasteiger partial charge in [0.05, 0.1) is 7.11 Å². The minimum absolute atomic E-state index is 0. The molecular weight excluding hydrogens is 336 g/mol. The number of benzene rings is 1. The average Bonchev–Trinajstić information content (AvgIpc) is 3.52. The number of piperidine rings is 1. The third-order valence-electron chi connectivity index (χ3n) is 6.39. The standard InChI is InChI=1S/C20H28N2O2.ClH/c1-14(15-3-4-15)22(16-5-7-17(24-2)8-6-16)19(23)18-13-20(18)9-11-21-12-10-20;/h5-8,14-15,18,21H,3-4,9-13H2,1-2H3;1H. The SMILES string of the molecule is COc1ccc(N(C(=O)C2CC23CCNCC3)C(C)C2CC2)cc1.Cl. The lowest BCUT2D eigenvalue weighted by atomic mass is 9.91. The lowest BCUT2D eigenvalue weighted by Crippen LogP contribution is -2.42. The van der Waals surface area contributed by atoms with Gasteiger partial charge in [-0.3, -0.25) is 4.79 Å². The molecule has 1 amide bonds. The van der Waals surface area contributed by atoms with Gasteiger partial charge in [0, 0.05) is 17.6 Å². The van der Waals surface area contributed by atoms with Crippen LogP contribution >= 0.6 is 12.4 Å². The molecule has 5 heteroatoms. The minimum atomic E-state index is 0. The number of carbonyl (C=O) groups excluding carboxylic acids is 1. The summed E-state index contributed by atoms with van der Waals surface area (Å²) < 4.78 is 5.27. The molecule has 3 fully saturated rings. The number of halogens is 1. The molecule has 0 radical (unpaired) electrons. The maximum atomic E-state index is 13.4. The largest absolute Gasteiger partial charge is 0.497 e. The summed E-state index contributed by atoms with van der Waals surface area (Å²) in [5, 5.41) is 3.43. The molecule has 0 aromatic heterocycles. The molecule has 3 aliphatic rings. The number of methoxy groups -OCH3 is 1. The van der Waals surface area contributed by atoms with Gasteiger partial charge in [-0.2, -0.15) is 0 Å². The molecule has 2 atom stereocenters. The molecule has 1 aliphatic heterocycles. The number of hydrogen-bond donors (Lipinski definition) is 1. The van der Waals surface area contributed by atoms with Crippen molar-refractivity contribution in [2.75, 3.05) is 25.1 Å². The van der Waals surface area contributed by atoms with Crippen molar-refractivity contribution in [3.8, 4) is 5.75 Å². The number of nitrogens with one attached hydrogen (secondary N) is 1. The zero-order valence-corrected chi connectivity index (χ0v) is 16.0. The van der Waals surface area contributed by atoms with Crippen LogP contribution in [-0.2, 0) is 4.79 Å². The lowest BCUT2D eigenvalue weighted by molar-refractivity contribution is -0.121. The summed E-state index contributed by atoms with van der Waals surface area (Å²) in [6.45, 7) is 4.34. The first-order valence-electron chi connectivity index (χ1n) is 9.32. The summed E-state index contributed by atoms with van der Waals surface area (Å²) in [5.41, 5.74) is 1.31. The van der Waals surface area contributed by atoms with Crippen LogP contribution in [-0.4, -0.2) is 32.1 Å². The van der Waals surface area contributed by atoms with Crippen LogP contribution in [0.15, 0.2) is 24.3 Å². The molecule has 1 saturated heterocycles. The topological polar surface area (TPSA) is 41.6 Å². The van der Waals surface area contributed by atoms with Crippen LogP contribution in [0.5, 0.6) is 5.75 Å². The summed E-state index contributed by atoms with van der Waals surface area (Å²) in [5.74, 6) is 2.08. The van der Waals surface area contributed by atoms with Gasteiger partial charge in [-0.05, 0) is 87.7 Å². The van der Waals surface area contributed by atoms with E-state index in [2.05, 4.69) is 17.1 Å². The van der Waals surface area contributed by atoms with Crippen molar-refractivity contribution in [1.29, 1.82) is 0 Å². The van der Waals surface area contributed by atoms with E-state index in [1.54, 1.807) is 7.11 Å². The number of nitrogens with zero attached hydrogens (tertiary/aromatic N) is 1. The molecule has 1 spiro atoms. The highest BCUT2D eigenvalue weighted by Crippen LogP contribution is 2.59. The zero-order chi connectivity index (χ0) is 16.7. The second kappa shape index (κ2) is 7.16. The van der Waals surface area contributed by atoms with Gasteiger partial charge in [-0.15, -0.1) is 12.4 Å². The number of amides is 1. The Morgan fingerprint density at radius 1 is 1.24 bits per heavy atom. The van der Waals surface area contributed by atoms with Crippen molar-refractivity contribution >= 4 is 24.0 Å². The predicted octanol–water partition coefficient (Wildman–Crippen LogP) is 3.64. The Hall–Kier alpha value is -1.26. The molecule has 2 aliphatic carbocycles. The number of ether oxygens (including phenoxy) is 1. The molecular formula is C20H29ClN2O2. The first-order valence-corrected chi connectivity index (χ1v) is 9.32. The first kappa shape index (κ1) is 18.5. The van der Waals surface area contributed by atoms with Crippen molar-refractivity contribution < 1.29 is 9.53 Å². The highest BCUT2D eigenvalue weighted by Gasteiger charge is 2.59. The molecule has 2 saturated carbocycles. The Labute approximate surface area is 156 Å². The third kappa shape index (κ3) is 3.52. The predicted molar refractivity (Wildman–Crippen MR) is 103 cm³/mol. The molecule has 1 aromatic carbocycles. The van der Waals surface area contributed by atoms with Crippen LogP contribution < -0.4 is 15.0 Å². The van der Waals surface area contributed by atoms with E-state index in [4.69, 9.17) is 4.74 Å². The normalized spacial score (nSPS) is 25.0. The fourth-order valence-electron chi connectivity index (χ4n) is 4.44. The Balaban J connectivity index is 0.00000182. The van der Waals surface area contributed by atoms with Gasteiger partial charge in [0.2, 0.25) is 5.91 Å². The van der Waals surface area contributed by atoms with Crippen LogP contribution in [0.2, 0.25) is 0 Å². The quantitative estimate of drug-likeness (QED) is 0.867. The Kier molecular flexibility index (Phi) is 5.31. The van der Waals surface area contributed by atoms with Crippen molar-refractivity contribution in [2.24, 2.45) is 17.3 Å². The third-order valence-corrected chi connectivity index (χ3v) is 6.39. The first-order chi connectivity index (χ1) is 11.6. The highest BCUT2D eigenvalue weighted by molar-refractivity contribution is 5.98. The summed E-state index contributed by atoms with van der Waals surface area (Å²) in [6.07, 6.45) is 5.88. The lowest BCUT2D eigenvalue weighted by Gasteiger charge is -2.32. The van der Waals surface area contributed by atoms with E-state index < -0.39 is 0 Å². The van der Waals surface area contributed by atoms with E-state index in [0.717, 1.165) is 43.8 Å². The Morgan fingerprint density at radius 3 is 2.44 bits per heavy atom. The van der Waals surface area contributed by atoms with E-state index in [1.807, 2.05) is 24.3 Å². The van der Waals surface area contributed by atoms with Crippen LogP contribution in [0.4, 0.5) is 5.69 Å². The Morgan fingerprint density at radius 2 is 1.88 bits per heavy atom. The van der Waals surface area contributed by atoms with Gasteiger partial charge in [0.25, 0.3) is 0 Å². The monoisotopic (exact) mass is 364 g/mol. The molecule has 138 valence electrons. The average molecular weight is 365 g/mol. The Bertz CT molecular complexity index is 609. The van der Waals surface area contributed by atoms with Crippen LogP contribution in [0.1, 0.15) is 39.0 Å². The molecule has 4 nitrogen and oxygen atoms in total. The number of rotatable bonds is 5. The molecule has 4 rings (SSSR count). The van der Waals surface area contributed by atoms with E-state index in [0.29, 0.717) is 17.9 Å². The van der Waals surface area contributed by atoms with E-state index in [-0.39, 0.29) is 23.7 Å². The molecule has 25 heavy (non-hydrogen) atoms.